The van der Waals surface area contributed by atoms with Crippen molar-refractivity contribution in [3.63, 3.8) is 0 Å². The zero-order chi connectivity index (χ0) is 23.8. The second kappa shape index (κ2) is 8.46. The molecule has 7 heteroatoms. The first kappa shape index (κ1) is 20.7. The summed E-state index contributed by atoms with van der Waals surface area (Å²) in [5.74, 6) is 0.676. The fourth-order valence-electron chi connectivity index (χ4n) is 4.13. The van der Waals surface area contributed by atoms with Crippen molar-refractivity contribution in [3.8, 4) is 22.8 Å². The first-order valence-corrected chi connectivity index (χ1v) is 11.1. The zero-order valence-electron chi connectivity index (χ0n) is 18.8. The minimum atomic E-state index is -0.453. The average Bonchev–Trinajstić information content (AvgIpc) is 3.51. The molecule has 6 aromatic rings. The summed E-state index contributed by atoms with van der Waals surface area (Å²) in [6.45, 7) is 0. The van der Waals surface area contributed by atoms with Gasteiger partial charge in [-0.1, -0.05) is 66.7 Å². The van der Waals surface area contributed by atoms with Gasteiger partial charge in [0.1, 0.15) is 16.9 Å². The number of hydrogen-bond donors (Lipinski definition) is 1. The SMILES string of the molecule is COc1cc2c(cc1NC(=O)c1nc(-c3ccccc3)n(-c3ccccc3)n1)oc1ccccc12. The molecule has 2 heterocycles. The van der Waals surface area contributed by atoms with Gasteiger partial charge in [-0.15, -0.1) is 5.10 Å². The number of methoxy groups -OCH3 is 1. The van der Waals surface area contributed by atoms with Gasteiger partial charge in [0.25, 0.3) is 5.91 Å². The topological polar surface area (TPSA) is 82.2 Å². The third-order valence-corrected chi connectivity index (χ3v) is 5.79. The van der Waals surface area contributed by atoms with Gasteiger partial charge in [0.2, 0.25) is 5.82 Å². The van der Waals surface area contributed by atoms with Crippen LogP contribution < -0.4 is 10.1 Å². The number of nitrogens with one attached hydrogen (secondary N) is 1. The Labute approximate surface area is 200 Å². The quantitative estimate of drug-likeness (QED) is 0.336. The Kier molecular flexibility index (Phi) is 5.00. The summed E-state index contributed by atoms with van der Waals surface area (Å²) in [6.07, 6.45) is 0. The Morgan fingerprint density at radius 2 is 1.57 bits per heavy atom. The lowest BCUT2D eigenvalue weighted by molar-refractivity contribution is 0.101. The maximum Gasteiger partial charge on any atom is 0.295 e. The number of hydrogen-bond acceptors (Lipinski definition) is 5. The summed E-state index contributed by atoms with van der Waals surface area (Å²) in [5.41, 5.74) is 3.54. The maximum atomic E-state index is 13.3. The highest BCUT2D eigenvalue weighted by molar-refractivity contribution is 6.09. The van der Waals surface area contributed by atoms with Gasteiger partial charge in [-0.05, 0) is 24.3 Å². The molecule has 2 aromatic heterocycles. The first-order chi connectivity index (χ1) is 17.2. The van der Waals surface area contributed by atoms with E-state index in [-0.39, 0.29) is 5.82 Å². The predicted molar refractivity (Wildman–Crippen MR) is 135 cm³/mol. The largest absolute Gasteiger partial charge is 0.495 e. The molecule has 1 N–H and O–H groups in total. The van der Waals surface area contributed by atoms with Crippen molar-refractivity contribution >= 4 is 33.5 Å². The number of fused-ring (bicyclic) bond motifs is 3. The molecule has 0 atom stereocenters. The van der Waals surface area contributed by atoms with Gasteiger partial charge in [0.15, 0.2) is 5.82 Å². The lowest BCUT2D eigenvalue weighted by atomic mass is 10.1. The molecule has 0 radical (unpaired) electrons. The van der Waals surface area contributed by atoms with E-state index >= 15 is 0 Å². The highest BCUT2D eigenvalue weighted by atomic mass is 16.5. The Balaban J connectivity index is 1.41. The highest BCUT2D eigenvalue weighted by Gasteiger charge is 2.21. The van der Waals surface area contributed by atoms with E-state index in [0.717, 1.165) is 27.6 Å². The van der Waals surface area contributed by atoms with Crippen LogP contribution in [0.3, 0.4) is 0 Å². The van der Waals surface area contributed by atoms with Gasteiger partial charge >= 0.3 is 0 Å². The third-order valence-electron chi connectivity index (χ3n) is 5.79. The number of aromatic nitrogens is 3. The van der Waals surface area contributed by atoms with Crippen molar-refractivity contribution in [1.82, 2.24) is 14.8 Å². The molecule has 170 valence electrons. The smallest absolute Gasteiger partial charge is 0.295 e. The van der Waals surface area contributed by atoms with Crippen LogP contribution in [0.25, 0.3) is 39.0 Å². The molecule has 0 saturated carbocycles. The van der Waals surface area contributed by atoms with Crippen molar-refractivity contribution < 1.29 is 13.9 Å². The first-order valence-electron chi connectivity index (χ1n) is 11.1. The minimum Gasteiger partial charge on any atom is -0.495 e. The van der Waals surface area contributed by atoms with Crippen molar-refractivity contribution in [1.29, 1.82) is 0 Å². The molecule has 35 heavy (non-hydrogen) atoms. The Hall–Kier alpha value is -4.91. The van der Waals surface area contributed by atoms with Crippen LogP contribution in [-0.4, -0.2) is 27.8 Å². The number of carbonyl (C=O) groups excluding carboxylic acids is 1. The predicted octanol–water partition coefficient (Wildman–Crippen LogP) is 6.09. The van der Waals surface area contributed by atoms with E-state index in [9.17, 15) is 4.79 Å². The van der Waals surface area contributed by atoms with E-state index < -0.39 is 5.91 Å². The number of benzene rings is 4. The fourth-order valence-corrected chi connectivity index (χ4v) is 4.13. The number of para-hydroxylation sites is 2. The lowest BCUT2D eigenvalue weighted by Gasteiger charge is -2.09. The van der Waals surface area contributed by atoms with Crippen LogP contribution in [0.5, 0.6) is 5.75 Å². The van der Waals surface area contributed by atoms with Crippen LogP contribution in [-0.2, 0) is 0 Å². The Morgan fingerprint density at radius 3 is 2.34 bits per heavy atom. The second-order valence-electron chi connectivity index (χ2n) is 7.97. The molecule has 0 bridgehead atoms. The van der Waals surface area contributed by atoms with E-state index in [2.05, 4.69) is 15.4 Å². The molecule has 7 nitrogen and oxygen atoms in total. The van der Waals surface area contributed by atoms with Crippen molar-refractivity contribution in [2.45, 2.75) is 0 Å². The van der Waals surface area contributed by atoms with Gasteiger partial charge in [-0.2, -0.15) is 0 Å². The lowest BCUT2D eigenvalue weighted by Crippen LogP contribution is -2.15. The van der Waals surface area contributed by atoms with Gasteiger partial charge in [-0.25, -0.2) is 9.67 Å². The minimum absolute atomic E-state index is 0.0412. The van der Waals surface area contributed by atoms with E-state index in [1.807, 2.05) is 91.0 Å². The number of amides is 1. The molecule has 1 amide bonds. The molecule has 0 spiro atoms. The van der Waals surface area contributed by atoms with Gasteiger partial charge in [0.05, 0.1) is 18.5 Å². The number of rotatable bonds is 5. The Bertz CT molecular complexity index is 1610. The number of anilines is 1. The van der Waals surface area contributed by atoms with Crippen LogP contribution in [0.2, 0.25) is 0 Å². The van der Waals surface area contributed by atoms with Gasteiger partial charge in [-0.3, -0.25) is 4.79 Å². The van der Waals surface area contributed by atoms with E-state index in [4.69, 9.17) is 9.15 Å². The highest BCUT2D eigenvalue weighted by Crippen LogP contribution is 2.36. The monoisotopic (exact) mass is 460 g/mol. The molecule has 0 aliphatic heterocycles. The summed E-state index contributed by atoms with van der Waals surface area (Å²) >= 11 is 0. The Morgan fingerprint density at radius 1 is 0.857 bits per heavy atom. The fraction of sp³-hybridized carbons (Fsp3) is 0.0357. The zero-order valence-corrected chi connectivity index (χ0v) is 18.8. The van der Waals surface area contributed by atoms with E-state index in [1.165, 1.54) is 0 Å². The van der Waals surface area contributed by atoms with Crippen LogP contribution in [0.4, 0.5) is 5.69 Å². The molecular weight excluding hydrogens is 440 g/mol. The third kappa shape index (κ3) is 3.69. The molecule has 0 unspecified atom stereocenters. The number of furan rings is 1. The van der Waals surface area contributed by atoms with Gasteiger partial charge in [0, 0.05) is 22.4 Å². The summed E-state index contributed by atoms with van der Waals surface area (Å²) in [5, 5.41) is 9.32. The van der Waals surface area contributed by atoms with E-state index in [0.29, 0.717) is 22.8 Å². The summed E-state index contributed by atoms with van der Waals surface area (Å²) < 4.78 is 13.2. The molecule has 0 aliphatic rings. The number of ether oxygens (including phenoxy) is 1. The summed E-state index contributed by atoms with van der Waals surface area (Å²) in [4.78, 5) is 17.9. The normalized spacial score (nSPS) is 11.1. The van der Waals surface area contributed by atoms with Crippen LogP contribution in [0.1, 0.15) is 10.6 Å². The summed E-state index contributed by atoms with van der Waals surface area (Å²) in [7, 11) is 1.56. The van der Waals surface area contributed by atoms with Crippen molar-refractivity contribution in [2.24, 2.45) is 0 Å². The van der Waals surface area contributed by atoms with Crippen LogP contribution >= 0.6 is 0 Å². The standard InChI is InChI=1S/C28H20N4O3/c1-34-25-16-21-20-14-8-9-15-23(20)35-24(21)17-22(25)29-28(33)26-30-27(18-10-4-2-5-11-18)32(31-26)19-12-6-3-7-13-19/h2-17H,1H3,(H,29,33). The molecule has 0 fully saturated rings. The second-order valence-corrected chi connectivity index (χ2v) is 7.97. The van der Waals surface area contributed by atoms with Crippen molar-refractivity contribution in [3.05, 3.63) is 103 Å². The van der Waals surface area contributed by atoms with E-state index in [1.54, 1.807) is 17.9 Å². The van der Waals surface area contributed by atoms with Crippen LogP contribution in [0, 0.1) is 0 Å². The van der Waals surface area contributed by atoms with Crippen LogP contribution in [0.15, 0.2) is 101 Å². The number of nitrogens with zero attached hydrogens (tertiary/aromatic N) is 3. The molecular formula is C28H20N4O3. The molecule has 6 rings (SSSR count). The average molecular weight is 460 g/mol. The molecule has 4 aromatic carbocycles. The van der Waals surface area contributed by atoms with Crippen molar-refractivity contribution in [2.75, 3.05) is 12.4 Å². The number of carbonyl (C=O) groups is 1. The molecule has 0 aliphatic carbocycles. The van der Waals surface area contributed by atoms with Gasteiger partial charge < -0.3 is 14.5 Å². The summed E-state index contributed by atoms with van der Waals surface area (Å²) in [6, 6.07) is 30.6. The maximum absolute atomic E-state index is 13.3. The molecule has 0 saturated heterocycles.